The van der Waals surface area contributed by atoms with Crippen molar-refractivity contribution in [2.24, 2.45) is 0 Å². The summed E-state index contributed by atoms with van der Waals surface area (Å²) >= 11 is 3.33. The average molecular weight is 188 g/mol. The molecule has 0 heterocycles. The summed E-state index contributed by atoms with van der Waals surface area (Å²) in [5, 5.41) is 0. The van der Waals surface area contributed by atoms with Gasteiger partial charge in [-0.15, -0.1) is 0 Å². The van der Waals surface area contributed by atoms with Crippen LogP contribution in [-0.2, 0) is 0 Å². The van der Waals surface area contributed by atoms with Gasteiger partial charge < -0.3 is 0 Å². The predicted octanol–water partition coefficient (Wildman–Crippen LogP) is 1.02. The van der Waals surface area contributed by atoms with Crippen LogP contribution in [0.5, 0.6) is 0 Å². The van der Waals surface area contributed by atoms with Crippen LogP contribution in [0.1, 0.15) is 0 Å². The van der Waals surface area contributed by atoms with Crippen LogP contribution < -0.4 is 11.3 Å². The van der Waals surface area contributed by atoms with Crippen molar-refractivity contribution >= 4 is 21.6 Å². The van der Waals surface area contributed by atoms with Crippen molar-refractivity contribution < 1.29 is 5.84 Å². The van der Waals surface area contributed by atoms with Gasteiger partial charge in [0.05, 0.1) is 5.69 Å². The maximum atomic E-state index is 3.52. The number of quaternary nitrogens is 1. The Bertz CT molecular complexity index is 183. The average Bonchev–Trinajstić information content (AvgIpc) is 1.90. The second kappa shape index (κ2) is 2.85. The highest BCUT2D eigenvalue weighted by molar-refractivity contribution is 9.10. The summed E-state index contributed by atoms with van der Waals surface area (Å²) in [5.74, 6) is 3.52. The fourth-order valence-electron chi connectivity index (χ4n) is 0.568. The van der Waals surface area contributed by atoms with Crippen LogP contribution in [0.4, 0.5) is 5.69 Å². The highest BCUT2D eigenvalue weighted by Crippen LogP contribution is 2.12. The van der Waals surface area contributed by atoms with Crippen LogP contribution in [0.3, 0.4) is 0 Å². The molecule has 9 heavy (non-hydrogen) atoms. The molecule has 1 aromatic rings. The summed E-state index contributed by atoms with van der Waals surface area (Å²) in [5.41, 5.74) is 3.81. The van der Waals surface area contributed by atoms with E-state index < -0.39 is 0 Å². The lowest BCUT2D eigenvalue weighted by atomic mass is 10.3. The van der Waals surface area contributed by atoms with Crippen molar-refractivity contribution in [3.8, 4) is 0 Å². The Balaban J connectivity index is 2.88. The molecule has 0 spiro atoms. The van der Waals surface area contributed by atoms with Crippen LogP contribution in [-0.4, -0.2) is 0 Å². The van der Waals surface area contributed by atoms with E-state index in [1.807, 2.05) is 24.3 Å². The Morgan fingerprint density at radius 3 is 2.22 bits per heavy atom. The van der Waals surface area contributed by atoms with Crippen LogP contribution in [0.15, 0.2) is 28.7 Å². The zero-order chi connectivity index (χ0) is 6.69. The Hall–Kier alpha value is -0.540. The molecule has 0 aliphatic rings. The first-order valence-electron chi connectivity index (χ1n) is 2.61. The van der Waals surface area contributed by atoms with Gasteiger partial charge in [0.1, 0.15) is 0 Å². The lowest BCUT2D eigenvalue weighted by Gasteiger charge is -1.93. The zero-order valence-electron chi connectivity index (χ0n) is 4.89. The van der Waals surface area contributed by atoms with Crippen molar-refractivity contribution in [1.29, 1.82) is 0 Å². The van der Waals surface area contributed by atoms with Gasteiger partial charge in [0.2, 0.25) is 0 Å². The van der Waals surface area contributed by atoms with Gasteiger partial charge in [-0.1, -0.05) is 15.9 Å². The smallest absolute Gasteiger partial charge is 0.0848 e. The highest BCUT2D eigenvalue weighted by Gasteiger charge is 1.87. The highest BCUT2D eigenvalue weighted by atomic mass is 79.9. The molecule has 0 unspecified atom stereocenters. The van der Waals surface area contributed by atoms with Crippen LogP contribution in [0.25, 0.3) is 0 Å². The molecule has 0 saturated carbocycles. The van der Waals surface area contributed by atoms with Gasteiger partial charge in [0.15, 0.2) is 0 Å². The van der Waals surface area contributed by atoms with Gasteiger partial charge >= 0.3 is 0 Å². The molecule has 0 bridgehead atoms. The largest absolute Gasteiger partial charge is 0.258 e. The van der Waals surface area contributed by atoms with Crippen molar-refractivity contribution in [2.45, 2.75) is 0 Å². The first-order chi connectivity index (χ1) is 4.33. The van der Waals surface area contributed by atoms with Crippen LogP contribution in [0, 0.1) is 0 Å². The van der Waals surface area contributed by atoms with Crippen molar-refractivity contribution in [3.63, 3.8) is 0 Å². The number of nitrogens with one attached hydrogen (secondary N) is 1. The third kappa shape index (κ3) is 1.69. The predicted molar refractivity (Wildman–Crippen MR) is 40.7 cm³/mol. The zero-order valence-corrected chi connectivity index (χ0v) is 6.48. The van der Waals surface area contributed by atoms with E-state index in [1.54, 1.807) is 0 Å². The summed E-state index contributed by atoms with van der Waals surface area (Å²) in [7, 11) is 0. The molecule has 1 aromatic carbocycles. The van der Waals surface area contributed by atoms with E-state index in [9.17, 15) is 0 Å². The summed E-state index contributed by atoms with van der Waals surface area (Å²) in [6.45, 7) is 0. The van der Waals surface area contributed by atoms with E-state index in [-0.39, 0.29) is 0 Å². The Kier molecular flexibility index (Phi) is 2.08. The summed E-state index contributed by atoms with van der Waals surface area (Å²) in [4.78, 5) is 0. The van der Waals surface area contributed by atoms with Crippen LogP contribution >= 0.6 is 15.9 Å². The van der Waals surface area contributed by atoms with Gasteiger partial charge in [-0.25, -0.2) is 5.43 Å². The molecule has 0 fully saturated rings. The summed E-state index contributed by atoms with van der Waals surface area (Å²) in [6.07, 6.45) is 0. The standard InChI is InChI=1S/C6H7BrN2/c7-5-1-3-6(9-8)4-2-5/h1-4,9H,8H2/p+1. The molecule has 0 aromatic heterocycles. The van der Waals surface area contributed by atoms with Crippen molar-refractivity contribution in [3.05, 3.63) is 28.7 Å². The topological polar surface area (TPSA) is 39.7 Å². The Labute approximate surface area is 62.2 Å². The molecule has 0 amide bonds. The summed E-state index contributed by atoms with van der Waals surface area (Å²) in [6, 6.07) is 7.84. The minimum Gasteiger partial charge on any atom is -0.258 e. The van der Waals surface area contributed by atoms with E-state index in [0.29, 0.717) is 0 Å². The van der Waals surface area contributed by atoms with E-state index in [4.69, 9.17) is 0 Å². The van der Waals surface area contributed by atoms with Gasteiger partial charge in [-0.2, -0.15) is 0 Å². The number of halogens is 1. The molecule has 0 aliphatic heterocycles. The van der Waals surface area contributed by atoms with E-state index in [2.05, 4.69) is 27.2 Å². The number of benzene rings is 1. The van der Waals surface area contributed by atoms with Gasteiger partial charge in [-0.05, 0) is 24.3 Å². The number of hydrogen-bond acceptors (Lipinski definition) is 1. The van der Waals surface area contributed by atoms with E-state index in [1.165, 1.54) is 0 Å². The fourth-order valence-corrected chi connectivity index (χ4v) is 0.832. The van der Waals surface area contributed by atoms with Gasteiger partial charge in [-0.3, -0.25) is 5.84 Å². The lowest BCUT2D eigenvalue weighted by Crippen LogP contribution is -2.56. The molecule has 4 N–H and O–H groups in total. The minimum atomic E-state index is 1.03. The van der Waals surface area contributed by atoms with E-state index in [0.717, 1.165) is 10.2 Å². The molecule has 0 aliphatic carbocycles. The van der Waals surface area contributed by atoms with E-state index >= 15 is 0 Å². The maximum Gasteiger partial charge on any atom is 0.0848 e. The number of anilines is 1. The third-order valence-electron chi connectivity index (χ3n) is 1.05. The number of hydrogen-bond donors (Lipinski definition) is 2. The monoisotopic (exact) mass is 187 g/mol. The quantitative estimate of drug-likeness (QED) is 0.634. The normalized spacial score (nSPS) is 9.11. The molecular weight excluding hydrogens is 180 g/mol. The molecule has 2 nitrogen and oxygen atoms in total. The molecular formula is C6H8BrN2+. The Morgan fingerprint density at radius 2 is 1.78 bits per heavy atom. The SMILES string of the molecule is [NH3+]Nc1ccc(Br)cc1. The van der Waals surface area contributed by atoms with Gasteiger partial charge in [0.25, 0.3) is 0 Å². The van der Waals surface area contributed by atoms with Crippen molar-refractivity contribution in [2.75, 3.05) is 5.43 Å². The Morgan fingerprint density at radius 1 is 1.22 bits per heavy atom. The number of rotatable bonds is 1. The first-order valence-corrected chi connectivity index (χ1v) is 3.41. The second-order valence-corrected chi connectivity index (χ2v) is 2.60. The van der Waals surface area contributed by atoms with Crippen LogP contribution in [0.2, 0.25) is 0 Å². The molecule has 1 rings (SSSR count). The second-order valence-electron chi connectivity index (χ2n) is 1.68. The minimum absolute atomic E-state index is 1.03. The van der Waals surface area contributed by atoms with Crippen molar-refractivity contribution in [1.82, 2.24) is 0 Å². The molecule has 0 saturated heterocycles. The molecule has 0 atom stereocenters. The molecule has 3 heteroatoms. The fraction of sp³-hybridized carbons (Fsp3) is 0. The molecule has 48 valence electrons. The summed E-state index contributed by atoms with van der Waals surface area (Å²) < 4.78 is 1.08. The third-order valence-corrected chi connectivity index (χ3v) is 1.58. The lowest BCUT2D eigenvalue weighted by molar-refractivity contribution is -0.325. The molecule has 0 radical (unpaired) electrons. The first kappa shape index (κ1) is 6.58. The maximum absolute atomic E-state index is 3.52. The van der Waals surface area contributed by atoms with Gasteiger partial charge in [0, 0.05) is 4.47 Å².